The lowest BCUT2D eigenvalue weighted by atomic mass is 10.0. The van der Waals surface area contributed by atoms with E-state index in [0.29, 0.717) is 13.0 Å². The molecule has 1 aliphatic rings. The number of hydrogen-bond donors (Lipinski definition) is 2. The van der Waals surface area contributed by atoms with Crippen LogP contribution in [0.3, 0.4) is 0 Å². The number of nitrogens with zero attached hydrogens (tertiary/aromatic N) is 3. The maximum Gasteiger partial charge on any atom is 0.329 e. The highest BCUT2D eigenvalue weighted by Gasteiger charge is 2.34. The van der Waals surface area contributed by atoms with Gasteiger partial charge in [-0.3, -0.25) is 9.78 Å². The summed E-state index contributed by atoms with van der Waals surface area (Å²) in [5, 5.41) is 18.7. The first kappa shape index (κ1) is 16.4. The first-order chi connectivity index (χ1) is 11.5. The average Bonchev–Trinajstić information content (AvgIpc) is 3.13. The van der Waals surface area contributed by atoms with Gasteiger partial charge in [0, 0.05) is 31.4 Å². The fraction of sp³-hybridized carbons (Fsp3) is 0.438. The standard InChI is InChI=1S/C16H19N3O5/c20-14-8-19(15(21)9-24-10-16(22)23)6-11(14)4-12-7-18-3-1-2-13(18)5-17-12/h1-3,5,7,11,14,20H,4,6,8-10H2,(H,22,23)/t11-,14+/m1/s1. The van der Waals surface area contributed by atoms with E-state index in [9.17, 15) is 14.7 Å². The van der Waals surface area contributed by atoms with Crippen molar-refractivity contribution in [1.29, 1.82) is 0 Å². The minimum atomic E-state index is -1.12. The Kier molecular flexibility index (Phi) is 4.77. The van der Waals surface area contributed by atoms with E-state index < -0.39 is 18.7 Å². The van der Waals surface area contributed by atoms with Gasteiger partial charge in [0.05, 0.1) is 23.5 Å². The molecular formula is C16H19N3O5. The molecule has 0 bridgehead atoms. The predicted octanol–water partition coefficient (Wildman–Crippen LogP) is -0.203. The van der Waals surface area contributed by atoms with E-state index in [1.807, 2.05) is 28.9 Å². The molecule has 0 aromatic carbocycles. The van der Waals surface area contributed by atoms with Gasteiger partial charge in [0.2, 0.25) is 5.91 Å². The summed E-state index contributed by atoms with van der Waals surface area (Å²) in [6, 6.07) is 3.89. The molecule has 0 saturated carbocycles. The third kappa shape index (κ3) is 3.72. The number of aliphatic carboxylic acids is 1. The zero-order chi connectivity index (χ0) is 17.1. The number of aromatic nitrogens is 2. The van der Waals surface area contributed by atoms with Crippen LogP contribution in [0.4, 0.5) is 0 Å². The summed E-state index contributed by atoms with van der Waals surface area (Å²) in [6.45, 7) is -0.167. The smallest absolute Gasteiger partial charge is 0.329 e. The largest absolute Gasteiger partial charge is 0.480 e. The van der Waals surface area contributed by atoms with Crippen molar-refractivity contribution in [3.05, 3.63) is 36.4 Å². The van der Waals surface area contributed by atoms with Crippen molar-refractivity contribution in [3.63, 3.8) is 0 Å². The molecule has 0 aliphatic carbocycles. The molecular weight excluding hydrogens is 314 g/mol. The first-order valence-corrected chi connectivity index (χ1v) is 7.70. The van der Waals surface area contributed by atoms with Crippen LogP contribution in [0, 0.1) is 5.92 Å². The third-order valence-corrected chi connectivity index (χ3v) is 4.14. The van der Waals surface area contributed by atoms with E-state index in [1.54, 1.807) is 6.20 Å². The highest BCUT2D eigenvalue weighted by molar-refractivity contribution is 5.78. The van der Waals surface area contributed by atoms with Crippen molar-refractivity contribution < 1.29 is 24.5 Å². The Morgan fingerprint density at radius 3 is 2.96 bits per heavy atom. The summed E-state index contributed by atoms with van der Waals surface area (Å²) >= 11 is 0. The lowest BCUT2D eigenvalue weighted by Gasteiger charge is -2.15. The van der Waals surface area contributed by atoms with Gasteiger partial charge in [-0.25, -0.2) is 4.79 Å². The molecule has 2 N–H and O–H groups in total. The molecule has 0 unspecified atom stereocenters. The van der Waals surface area contributed by atoms with Crippen molar-refractivity contribution in [1.82, 2.24) is 14.3 Å². The van der Waals surface area contributed by atoms with Crippen LogP contribution in [0.2, 0.25) is 0 Å². The molecule has 2 aromatic rings. The SMILES string of the molecule is O=C(O)COCC(=O)N1C[C@@H](Cc2cn3cccc3cn2)[C@@H](O)C1. The number of fused-ring (bicyclic) bond motifs is 1. The number of likely N-dealkylation sites (tertiary alicyclic amines) is 1. The van der Waals surface area contributed by atoms with Crippen LogP contribution in [0.15, 0.2) is 30.7 Å². The van der Waals surface area contributed by atoms with Gasteiger partial charge in [0.15, 0.2) is 0 Å². The van der Waals surface area contributed by atoms with Gasteiger partial charge in [0.1, 0.15) is 13.2 Å². The quantitative estimate of drug-likeness (QED) is 0.758. The van der Waals surface area contributed by atoms with E-state index in [4.69, 9.17) is 9.84 Å². The van der Waals surface area contributed by atoms with E-state index in [-0.39, 0.29) is 25.0 Å². The number of carboxylic acids is 1. The van der Waals surface area contributed by atoms with Crippen molar-refractivity contribution >= 4 is 17.4 Å². The number of ether oxygens (including phenoxy) is 1. The minimum absolute atomic E-state index is 0.103. The molecule has 128 valence electrons. The summed E-state index contributed by atoms with van der Waals surface area (Å²) in [6.07, 6.45) is 5.56. The first-order valence-electron chi connectivity index (χ1n) is 7.70. The Morgan fingerprint density at radius 2 is 2.17 bits per heavy atom. The van der Waals surface area contributed by atoms with Gasteiger partial charge in [-0.05, 0) is 18.6 Å². The number of β-amino-alcohol motifs (C(OH)–C–C–N with tert-alkyl or cyclic N) is 1. The van der Waals surface area contributed by atoms with Crippen LogP contribution in [0.1, 0.15) is 5.69 Å². The number of hydrogen-bond acceptors (Lipinski definition) is 5. The van der Waals surface area contributed by atoms with Crippen LogP contribution in [-0.2, 0) is 20.7 Å². The fourth-order valence-corrected chi connectivity index (χ4v) is 2.93. The Labute approximate surface area is 138 Å². The van der Waals surface area contributed by atoms with Crippen molar-refractivity contribution in [3.8, 4) is 0 Å². The molecule has 8 heteroatoms. The second-order valence-electron chi connectivity index (χ2n) is 5.94. The maximum atomic E-state index is 12.0. The van der Waals surface area contributed by atoms with E-state index in [2.05, 4.69) is 4.98 Å². The Balaban J connectivity index is 1.57. The average molecular weight is 333 g/mol. The van der Waals surface area contributed by atoms with Gasteiger partial charge >= 0.3 is 5.97 Å². The zero-order valence-corrected chi connectivity index (χ0v) is 13.0. The fourth-order valence-electron chi connectivity index (χ4n) is 2.93. The lowest BCUT2D eigenvalue weighted by Crippen LogP contribution is -2.33. The van der Waals surface area contributed by atoms with Crippen LogP contribution in [-0.4, -0.2) is 68.8 Å². The molecule has 2 aromatic heterocycles. The van der Waals surface area contributed by atoms with E-state index in [0.717, 1.165) is 11.2 Å². The Hall–Kier alpha value is -2.45. The second-order valence-corrected chi connectivity index (χ2v) is 5.94. The molecule has 1 amide bonds. The number of carbonyl (C=O) groups excluding carboxylic acids is 1. The summed E-state index contributed by atoms with van der Waals surface area (Å²) in [5.41, 5.74) is 1.84. The van der Waals surface area contributed by atoms with Crippen molar-refractivity contribution in [2.45, 2.75) is 12.5 Å². The molecule has 2 atom stereocenters. The number of carboxylic acid groups (broad SMARTS) is 1. The van der Waals surface area contributed by atoms with Gasteiger partial charge in [-0.2, -0.15) is 0 Å². The molecule has 24 heavy (non-hydrogen) atoms. The minimum Gasteiger partial charge on any atom is -0.480 e. The molecule has 3 rings (SSSR count). The summed E-state index contributed by atoms with van der Waals surface area (Å²) in [7, 11) is 0. The second kappa shape index (κ2) is 6.98. The Bertz CT molecular complexity index is 744. The third-order valence-electron chi connectivity index (χ3n) is 4.14. The number of aliphatic hydroxyl groups is 1. The van der Waals surface area contributed by atoms with Crippen LogP contribution < -0.4 is 0 Å². The number of rotatable bonds is 6. The van der Waals surface area contributed by atoms with Gasteiger partial charge in [0.25, 0.3) is 0 Å². The predicted molar refractivity (Wildman–Crippen MR) is 83.4 cm³/mol. The lowest BCUT2D eigenvalue weighted by molar-refractivity contribution is -0.145. The van der Waals surface area contributed by atoms with Crippen LogP contribution >= 0.6 is 0 Å². The molecule has 1 aliphatic heterocycles. The van der Waals surface area contributed by atoms with Crippen molar-refractivity contribution in [2.24, 2.45) is 5.92 Å². The van der Waals surface area contributed by atoms with Gasteiger partial charge < -0.3 is 24.3 Å². The molecule has 1 fully saturated rings. The summed E-state index contributed by atoms with van der Waals surface area (Å²) in [4.78, 5) is 28.3. The molecule has 3 heterocycles. The normalized spacial score (nSPS) is 20.6. The van der Waals surface area contributed by atoms with Crippen LogP contribution in [0.25, 0.3) is 5.52 Å². The summed E-state index contributed by atoms with van der Waals surface area (Å²) < 4.78 is 6.77. The highest BCUT2D eigenvalue weighted by atomic mass is 16.5. The molecule has 8 nitrogen and oxygen atoms in total. The van der Waals surface area contributed by atoms with Gasteiger partial charge in [-0.1, -0.05) is 0 Å². The highest BCUT2D eigenvalue weighted by Crippen LogP contribution is 2.21. The number of carbonyl (C=O) groups is 2. The maximum absolute atomic E-state index is 12.0. The summed E-state index contributed by atoms with van der Waals surface area (Å²) in [5.74, 6) is -1.53. The topological polar surface area (TPSA) is 104 Å². The molecule has 1 saturated heterocycles. The van der Waals surface area contributed by atoms with Crippen LogP contribution in [0.5, 0.6) is 0 Å². The van der Waals surface area contributed by atoms with Gasteiger partial charge in [-0.15, -0.1) is 0 Å². The zero-order valence-electron chi connectivity index (χ0n) is 13.0. The monoisotopic (exact) mass is 333 g/mol. The van der Waals surface area contributed by atoms with E-state index in [1.165, 1.54) is 4.90 Å². The number of aliphatic hydroxyl groups excluding tert-OH is 1. The Morgan fingerprint density at radius 1 is 1.33 bits per heavy atom. The van der Waals surface area contributed by atoms with E-state index >= 15 is 0 Å². The molecule has 0 spiro atoms. The number of amides is 1. The molecule has 0 radical (unpaired) electrons. The van der Waals surface area contributed by atoms with Crippen molar-refractivity contribution in [2.75, 3.05) is 26.3 Å².